The molecule has 106 valence electrons. The molecule has 0 aliphatic carbocycles. The maximum atomic E-state index is 13.6. The molecule has 1 aliphatic heterocycles. The van der Waals surface area contributed by atoms with E-state index in [1.54, 1.807) is 0 Å². The van der Waals surface area contributed by atoms with Gasteiger partial charge in [0.2, 0.25) is 0 Å². The standard InChI is InChI=1S/C11H11F4NO2S/c1-19(17,18)8-2-5(4-16-8)9-10(14)6(12)3-7(13)11(9)15/h3,5,8,16H,2,4H2,1H3/t5-,8?/m1/s1. The molecule has 1 saturated heterocycles. The first-order chi connectivity index (χ1) is 8.71. The molecule has 1 aliphatic rings. The van der Waals surface area contributed by atoms with Crippen molar-refractivity contribution < 1.29 is 26.0 Å². The van der Waals surface area contributed by atoms with E-state index in [4.69, 9.17) is 0 Å². The molecule has 1 aromatic rings. The van der Waals surface area contributed by atoms with Crippen LogP contribution in [0.4, 0.5) is 17.6 Å². The summed E-state index contributed by atoms with van der Waals surface area (Å²) in [5.41, 5.74) is -0.740. The van der Waals surface area contributed by atoms with Gasteiger partial charge in [-0.15, -0.1) is 0 Å². The van der Waals surface area contributed by atoms with Crippen LogP contribution in [-0.4, -0.2) is 26.6 Å². The van der Waals surface area contributed by atoms with Gasteiger partial charge in [0.15, 0.2) is 33.1 Å². The molecule has 2 atom stereocenters. The van der Waals surface area contributed by atoms with Crippen LogP contribution in [0, 0.1) is 23.3 Å². The normalized spacial score (nSPS) is 23.8. The highest BCUT2D eigenvalue weighted by molar-refractivity contribution is 7.91. The van der Waals surface area contributed by atoms with Gasteiger partial charge in [-0.25, -0.2) is 26.0 Å². The Hall–Kier alpha value is -1.15. The molecule has 1 N–H and O–H groups in total. The van der Waals surface area contributed by atoms with Gasteiger partial charge in [0.1, 0.15) is 5.37 Å². The summed E-state index contributed by atoms with van der Waals surface area (Å²) in [7, 11) is -3.43. The van der Waals surface area contributed by atoms with E-state index in [0.29, 0.717) is 0 Å². The van der Waals surface area contributed by atoms with Gasteiger partial charge in [-0.1, -0.05) is 0 Å². The molecular formula is C11H11F4NO2S. The van der Waals surface area contributed by atoms with Crippen LogP contribution in [0.2, 0.25) is 0 Å². The summed E-state index contributed by atoms with van der Waals surface area (Å²) in [5.74, 6) is -6.85. The Kier molecular flexibility index (Phi) is 3.57. The highest BCUT2D eigenvalue weighted by Crippen LogP contribution is 2.33. The number of hydrogen-bond donors (Lipinski definition) is 1. The van der Waals surface area contributed by atoms with Gasteiger partial charge in [-0.3, -0.25) is 0 Å². The van der Waals surface area contributed by atoms with Crippen LogP contribution in [0.3, 0.4) is 0 Å². The summed E-state index contributed by atoms with van der Waals surface area (Å²) in [6.45, 7) is -0.0610. The van der Waals surface area contributed by atoms with Crippen LogP contribution in [0.1, 0.15) is 17.9 Å². The average Bonchev–Trinajstić information content (AvgIpc) is 2.76. The van der Waals surface area contributed by atoms with Crippen molar-refractivity contribution in [3.8, 4) is 0 Å². The third-order valence-corrected chi connectivity index (χ3v) is 4.55. The first kappa shape index (κ1) is 14.3. The van der Waals surface area contributed by atoms with Crippen LogP contribution in [0.15, 0.2) is 6.07 Å². The van der Waals surface area contributed by atoms with Crippen LogP contribution in [0.25, 0.3) is 0 Å². The zero-order valence-electron chi connectivity index (χ0n) is 9.88. The Morgan fingerprint density at radius 2 is 1.68 bits per heavy atom. The van der Waals surface area contributed by atoms with Crippen molar-refractivity contribution in [2.24, 2.45) is 0 Å². The average molecular weight is 297 g/mol. The Bertz CT molecular complexity index is 591. The van der Waals surface area contributed by atoms with Crippen molar-refractivity contribution in [1.82, 2.24) is 5.32 Å². The summed E-state index contributed by atoms with van der Waals surface area (Å²) in [6.07, 6.45) is 0.849. The van der Waals surface area contributed by atoms with Crippen molar-refractivity contribution in [3.05, 3.63) is 34.9 Å². The van der Waals surface area contributed by atoms with Crippen LogP contribution >= 0.6 is 0 Å². The third kappa shape index (κ3) is 2.59. The van der Waals surface area contributed by atoms with E-state index >= 15 is 0 Å². The molecule has 0 bridgehead atoms. The lowest BCUT2D eigenvalue weighted by molar-refractivity contribution is 0.428. The topological polar surface area (TPSA) is 46.2 Å². The number of nitrogens with one attached hydrogen (secondary N) is 1. The number of rotatable bonds is 2. The van der Waals surface area contributed by atoms with E-state index < -0.39 is 50.0 Å². The van der Waals surface area contributed by atoms with E-state index in [-0.39, 0.29) is 19.0 Å². The van der Waals surface area contributed by atoms with Crippen LogP contribution in [0.5, 0.6) is 0 Å². The second-order valence-electron chi connectivity index (χ2n) is 4.54. The zero-order valence-corrected chi connectivity index (χ0v) is 10.7. The van der Waals surface area contributed by atoms with Gasteiger partial charge in [-0.05, 0) is 6.42 Å². The minimum atomic E-state index is -3.43. The molecule has 19 heavy (non-hydrogen) atoms. The number of sulfone groups is 1. The lowest BCUT2D eigenvalue weighted by Crippen LogP contribution is -2.29. The van der Waals surface area contributed by atoms with E-state index in [2.05, 4.69) is 5.32 Å². The number of halogens is 4. The lowest BCUT2D eigenvalue weighted by Gasteiger charge is -2.12. The lowest BCUT2D eigenvalue weighted by atomic mass is 9.96. The van der Waals surface area contributed by atoms with Gasteiger partial charge in [-0.2, -0.15) is 0 Å². The van der Waals surface area contributed by atoms with Crippen LogP contribution in [-0.2, 0) is 9.84 Å². The summed E-state index contributed by atoms with van der Waals surface area (Å²) in [4.78, 5) is 0. The Balaban J connectivity index is 2.40. The predicted octanol–water partition coefficient (Wildman–Crippen LogP) is 1.69. The largest absolute Gasteiger partial charge is 0.301 e. The minimum Gasteiger partial charge on any atom is -0.301 e. The fourth-order valence-electron chi connectivity index (χ4n) is 2.19. The van der Waals surface area contributed by atoms with E-state index in [9.17, 15) is 26.0 Å². The van der Waals surface area contributed by atoms with Crippen molar-refractivity contribution in [2.75, 3.05) is 12.8 Å². The summed E-state index contributed by atoms with van der Waals surface area (Å²) in [5, 5.41) is 1.60. The van der Waals surface area contributed by atoms with Crippen molar-refractivity contribution >= 4 is 9.84 Å². The number of benzene rings is 1. The minimum absolute atomic E-state index is 0.0610. The quantitative estimate of drug-likeness (QED) is 0.667. The number of hydrogen-bond acceptors (Lipinski definition) is 3. The third-order valence-electron chi connectivity index (χ3n) is 3.16. The molecule has 1 fully saturated rings. The van der Waals surface area contributed by atoms with Gasteiger partial charge < -0.3 is 5.32 Å². The first-order valence-corrected chi connectivity index (χ1v) is 7.42. The molecule has 0 amide bonds. The molecule has 2 rings (SSSR count). The summed E-state index contributed by atoms with van der Waals surface area (Å²) < 4.78 is 75.9. The summed E-state index contributed by atoms with van der Waals surface area (Å²) in [6, 6.07) is 0.130. The Morgan fingerprint density at radius 1 is 1.16 bits per heavy atom. The van der Waals surface area contributed by atoms with E-state index in [1.165, 1.54) is 0 Å². The monoisotopic (exact) mass is 297 g/mol. The maximum Gasteiger partial charge on any atom is 0.165 e. The van der Waals surface area contributed by atoms with Crippen molar-refractivity contribution in [1.29, 1.82) is 0 Å². The predicted molar refractivity (Wildman–Crippen MR) is 60.3 cm³/mol. The van der Waals surface area contributed by atoms with Gasteiger partial charge in [0, 0.05) is 30.3 Å². The molecule has 1 aromatic carbocycles. The van der Waals surface area contributed by atoms with Gasteiger partial charge in [0.25, 0.3) is 0 Å². The van der Waals surface area contributed by atoms with Crippen molar-refractivity contribution in [2.45, 2.75) is 17.7 Å². The molecule has 1 heterocycles. The van der Waals surface area contributed by atoms with Gasteiger partial charge in [0.05, 0.1) is 0 Å². The fraction of sp³-hybridized carbons (Fsp3) is 0.455. The maximum absolute atomic E-state index is 13.6. The second-order valence-corrected chi connectivity index (χ2v) is 6.77. The molecule has 0 aromatic heterocycles. The van der Waals surface area contributed by atoms with Gasteiger partial charge >= 0.3 is 0 Å². The molecule has 0 radical (unpaired) electrons. The smallest absolute Gasteiger partial charge is 0.165 e. The Labute approximate surface area is 107 Å². The Morgan fingerprint density at radius 3 is 2.11 bits per heavy atom. The second kappa shape index (κ2) is 4.75. The molecule has 1 unspecified atom stereocenters. The first-order valence-electron chi connectivity index (χ1n) is 5.47. The molecule has 0 spiro atoms. The van der Waals surface area contributed by atoms with Crippen molar-refractivity contribution in [3.63, 3.8) is 0 Å². The highest BCUT2D eigenvalue weighted by atomic mass is 32.2. The molecular weight excluding hydrogens is 286 g/mol. The zero-order chi connectivity index (χ0) is 14.4. The molecule has 8 heteroatoms. The van der Waals surface area contributed by atoms with E-state index in [0.717, 1.165) is 6.26 Å². The SMILES string of the molecule is CS(=O)(=O)C1C[C@@H](c2c(F)c(F)cc(F)c2F)CN1. The molecule has 3 nitrogen and oxygen atoms in total. The highest BCUT2D eigenvalue weighted by Gasteiger charge is 2.36. The summed E-state index contributed by atoms with van der Waals surface area (Å²) >= 11 is 0. The fourth-order valence-corrected chi connectivity index (χ4v) is 3.18. The van der Waals surface area contributed by atoms with E-state index in [1.807, 2.05) is 0 Å². The molecule has 0 saturated carbocycles. The van der Waals surface area contributed by atoms with Crippen LogP contribution < -0.4 is 5.32 Å².